The highest BCUT2D eigenvalue weighted by atomic mass is 16.3. The first-order valence-electron chi connectivity index (χ1n) is 6.59. The molecular formula is C17H16N2O. The second-order valence-corrected chi connectivity index (χ2v) is 4.83. The van der Waals surface area contributed by atoms with Crippen molar-refractivity contribution in [3.8, 4) is 5.88 Å². The van der Waals surface area contributed by atoms with Crippen LogP contribution in [0.3, 0.4) is 0 Å². The quantitative estimate of drug-likeness (QED) is 0.694. The minimum atomic E-state index is 0.166. The number of fused-ring (bicyclic) bond motifs is 1. The molecule has 2 aromatic carbocycles. The average molecular weight is 264 g/mol. The Morgan fingerprint density at radius 3 is 2.70 bits per heavy atom. The van der Waals surface area contributed by atoms with Crippen LogP contribution in [0.15, 0.2) is 53.5 Å². The number of para-hydroxylation sites is 1. The average Bonchev–Trinajstić information content (AvgIpc) is 2.77. The van der Waals surface area contributed by atoms with Crippen LogP contribution in [-0.4, -0.2) is 16.3 Å². The number of benzene rings is 2. The molecule has 0 saturated carbocycles. The molecule has 0 spiro atoms. The number of aryl methyl sites for hydroxylation is 1. The predicted octanol–water partition coefficient (Wildman–Crippen LogP) is 3.80. The molecule has 0 radical (unpaired) electrons. The summed E-state index contributed by atoms with van der Waals surface area (Å²) in [5.74, 6) is 0.166. The molecule has 3 heteroatoms. The van der Waals surface area contributed by atoms with Crippen molar-refractivity contribution in [1.82, 2.24) is 4.98 Å². The Morgan fingerprint density at radius 1 is 1.10 bits per heavy atom. The first kappa shape index (κ1) is 12.5. The van der Waals surface area contributed by atoms with Crippen molar-refractivity contribution in [3.63, 3.8) is 0 Å². The SMILES string of the molecule is Cc1ccccc1CN=Cc1c(O)[nH]c2ccccc12. The molecule has 0 aliphatic carbocycles. The van der Waals surface area contributed by atoms with Gasteiger partial charge in [-0.3, -0.25) is 4.99 Å². The number of nitrogens with zero attached hydrogens (tertiary/aromatic N) is 1. The van der Waals surface area contributed by atoms with Gasteiger partial charge in [0.25, 0.3) is 0 Å². The number of rotatable bonds is 3. The highest BCUT2D eigenvalue weighted by molar-refractivity contribution is 6.01. The number of aromatic amines is 1. The minimum absolute atomic E-state index is 0.166. The van der Waals surface area contributed by atoms with E-state index in [1.165, 1.54) is 11.1 Å². The second-order valence-electron chi connectivity index (χ2n) is 4.83. The normalized spacial score (nSPS) is 11.4. The fraction of sp³-hybridized carbons (Fsp3) is 0.118. The van der Waals surface area contributed by atoms with Gasteiger partial charge in [-0.1, -0.05) is 42.5 Å². The lowest BCUT2D eigenvalue weighted by Gasteiger charge is -2.00. The summed E-state index contributed by atoms with van der Waals surface area (Å²) in [5, 5.41) is 10.9. The molecule has 1 aromatic heterocycles. The monoisotopic (exact) mass is 264 g/mol. The topological polar surface area (TPSA) is 48.4 Å². The number of hydrogen-bond donors (Lipinski definition) is 2. The van der Waals surface area contributed by atoms with E-state index < -0.39 is 0 Å². The fourth-order valence-electron chi connectivity index (χ4n) is 2.30. The van der Waals surface area contributed by atoms with Crippen LogP contribution in [0.4, 0.5) is 0 Å². The van der Waals surface area contributed by atoms with E-state index in [1.54, 1.807) is 6.21 Å². The molecule has 20 heavy (non-hydrogen) atoms. The van der Waals surface area contributed by atoms with Crippen molar-refractivity contribution >= 4 is 17.1 Å². The van der Waals surface area contributed by atoms with E-state index in [-0.39, 0.29) is 5.88 Å². The van der Waals surface area contributed by atoms with E-state index in [4.69, 9.17) is 0 Å². The molecule has 0 unspecified atom stereocenters. The van der Waals surface area contributed by atoms with Crippen molar-refractivity contribution < 1.29 is 5.11 Å². The first-order chi connectivity index (χ1) is 9.75. The molecule has 0 fully saturated rings. The van der Waals surface area contributed by atoms with Crippen LogP contribution in [0, 0.1) is 6.92 Å². The van der Waals surface area contributed by atoms with E-state index in [1.807, 2.05) is 36.4 Å². The molecule has 0 atom stereocenters. The van der Waals surface area contributed by atoms with E-state index in [9.17, 15) is 5.11 Å². The zero-order valence-corrected chi connectivity index (χ0v) is 11.3. The predicted molar refractivity (Wildman–Crippen MR) is 82.4 cm³/mol. The molecule has 3 aromatic rings. The Bertz CT molecular complexity index is 772. The molecule has 2 N–H and O–H groups in total. The summed E-state index contributed by atoms with van der Waals surface area (Å²) in [6, 6.07) is 16.0. The van der Waals surface area contributed by atoms with Gasteiger partial charge in [0.1, 0.15) is 0 Å². The largest absolute Gasteiger partial charge is 0.494 e. The maximum absolute atomic E-state index is 9.94. The van der Waals surface area contributed by atoms with Gasteiger partial charge >= 0.3 is 0 Å². The Kier molecular flexibility index (Phi) is 3.25. The van der Waals surface area contributed by atoms with Gasteiger partial charge in [-0.25, -0.2) is 0 Å². The van der Waals surface area contributed by atoms with Gasteiger partial charge in [-0.15, -0.1) is 0 Å². The summed E-state index contributed by atoms with van der Waals surface area (Å²) in [6.45, 7) is 2.69. The summed E-state index contributed by atoms with van der Waals surface area (Å²) in [5.41, 5.74) is 4.09. The van der Waals surface area contributed by atoms with Gasteiger partial charge < -0.3 is 10.1 Å². The lowest BCUT2D eigenvalue weighted by molar-refractivity contribution is 0.457. The molecule has 0 aliphatic rings. The standard InChI is InChI=1S/C17H16N2O/c1-12-6-2-3-7-13(12)10-18-11-15-14-8-4-5-9-16(14)19-17(15)20/h2-9,11,19-20H,10H2,1H3. The van der Waals surface area contributed by atoms with Crippen molar-refractivity contribution in [1.29, 1.82) is 0 Å². The third-order valence-electron chi connectivity index (χ3n) is 3.47. The fourth-order valence-corrected chi connectivity index (χ4v) is 2.30. The minimum Gasteiger partial charge on any atom is -0.494 e. The van der Waals surface area contributed by atoms with Gasteiger partial charge in [0.05, 0.1) is 12.1 Å². The molecule has 0 bridgehead atoms. The Balaban J connectivity index is 1.88. The second kappa shape index (κ2) is 5.21. The number of aromatic nitrogens is 1. The molecule has 0 aliphatic heterocycles. The summed E-state index contributed by atoms with van der Waals surface area (Å²) in [7, 11) is 0. The number of aliphatic imine (C=N–C) groups is 1. The Labute approximate surface area is 117 Å². The summed E-state index contributed by atoms with van der Waals surface area (Å²) < 4.78 is 0. The summed E-state index contributed by atoms with van der Waals surface area (Å²) >= 11 is 0. The number of H-pyrrole nitrogens is 1. The Morgan fingerprint density at radius 2 is 1.85 bits per heavy atom. The number of nitrogens with one attached hydrogen (secondary N) is 1. The first-order valence-corrected chi connectivity index (χ1v) is 6.59. The lowest BCUT2D eigenvalue weighted by Crippen LogP contribution is -1.87. The molecule has 100 valence electrons. The van der Waals surface area contributed by atoms with Crippen LogP contribution in [0.2, 0.25) is 0 Å². The maximum Gasteiger partial charge on any atom is 0.198 e. The van der Waals surface area contributed by atoms with Crippen molar-refractivity contribution in [2.24, 2.45) is 4.99 Å². The highest BCUT2D eigenvalue weighted by Gasteiger charge is 2.07. The van der Waals surface area contributed by atoms with Gasteiger partial charge in [-0.2, -0.15) is 0 Å². The molecule has 3 rings (SSSR count). The lowest BCUT2D eigenvalue weighted by atomic mass is 10.1. The van der Waals surface area contributed by atoms with Crippen LogP contribution < -0.4 is 0 Å². The van der Waals surface area contributed by atoms with E-state index in [2.05, 4.69) is 29.0 Å². The molecule has 0 amide bonds. The number of aromatic hydroxyl groups is 1. The van der Waals surface area contributed by atoms with E-state index in [0.29, 0.717) is 6.54 Å². The van der Waals surface area contributed by atoms with Crippen molar-refractivity contribution in [3.05, 3.63) is 65.2 Å². The van der Waals surface area contributed by atoms with Crippen molar-refractivity contribution in [2.45, 2.75) is 13.5 Å². The van der Waals surface area contributed by atoms with Crippen LogP contribution in [0.25, 0.3) is 10.9 Å². The summed E-state index contributed by atoms with van der Waals surface area (Å²) in [4.78, 5) is 7.40. The van der Waals surface area contributed by atoms with Gasteiger partial charge in [0.2, 0.25) is 0 Å². The smallest absolute Gasteiger partial charge is 0.198 e. The van der Waals surface area contributed by atoms with Gasteiger partial charge in [0.15, 0.2) is 5.88 Å². The molecule has 1 heterocycles. The number of hydrogen-bond acceptors (Lipinski definition) is 2. The zero-order valence-electron chi connectivity index (χ0n) is 11.3. The van der Waals surface area contributed by atoms with Crippen LogP contribution in [-0.2, 0) is 6.54 Å². The van der Waals surface area contributed by atoms with Gasteiger partial charge in [-0.05, 0) is 24.1 Å². The van der Waals surface area contributed by atoms with Crippen LogP contribution in [0.1, 0.15) is 16.7 Å². The third-order valence-corrected chi connectivity index (χ3v) is 3.47. The van der Waals surface area contributed by atoms with E-state index >= 15 is 0 Å². The van der Waals surface area contributed by atoms with Crippen molar-refractivity contribution in [2.75, 3.05) is 0 Å². The Hall–Kier alpha value is -2.55. The third kappa shape index (κ3) is 2.30. The highest BCUT2D eigenvalue weighted by Crippen LogP contribution is 2.25. The van der Waals surface area contributed by atoms with E-state index in [0.717, 1.165) is 16.5 Å². The molecule has 0 saturated heterocycles. The molecular weight excluding hydrogens is 248 g/mol. The van der Waals surface area contributed by atoms with Crippen LogP contribution in [0.5, 0.6) is 5.88 Å². The van der Waals surface area contributed by atoms with Gasteiger partial charge in [0, 0.05) is 17.1 Å². The molecule has 3 nitrogen and oxygen atoms in total. The van der Waals surface area contributed by atoms with Crippen LogP contribution >= 0.6 is 0 Å². The zero-order chi connectivity index (χ0) is 13.9. The summed E-state index contributed by atoms with van der Waals surface area (Å²) in [6.07, 6.45) is 1.74. The maximum atomic E-state index is 9.94.